The summed E-state index contributed by atoms with van der Waals surface area (Å²) in [6.45, 7) is 4.32. The van der Waals surface area contributed by atoms with Gasteiger partial charge < -0.3 is 19.3 Å². The maximum atomic E-state index is 12.9. The van der Waals surface area contributed by atoms with Gasteiger partial charge in [0.25, 0.3) is 0 Å². The van der Waals surface area contributed by atoms with Gasteiger partial charge in [0.15, 0.2) is 0 Å². The van der Waals surface area contributed by atoms with Gasteiger partial charge in [-0.1, -0.05) is 30.2 Å². The molecule has 3 aromatic rings. The molecule has 40 heavy (non-hydrogen) atoms. The van der Waals surface area contributed by atoms with E-state index in [-0.39, 0.29) is 18.2 Å². The van der Waals surface area contributed by atoms with Crippen molar-refractivity contribution in [2.24, 2.45) is 7.05 Å². The van der Waals surface area contributed by atoms with Crippen molar-refractivity contribution >= 4 is 29.3 Å². The van der Waals surface area contributed by atoms with E-state index < -0.39 is 5.60 Å². The average Bonchev–Trinajstić information content (AvgIpc) is 3.34. The van der Waals surface area contributed by atoms with Crippen molar-refractivity contribution in [3.63, 3.8) is 0 Å². The number of piperazine rings is 1. The number of halogens is 1. The number of hydrogen-bond donors (Lipinski definition) is 1. The predicted octanol–water partition coefficient (Wildman–Crippen LogP) is 5.41. The summed E-state index contributed by atoms with van der Waals surface area (Å²) in [6, 6.07) is 9.67. The number of nitrogens with zero attached hydrogens (tertiary/aromatic N) is 5. The van der Waals surface area contributed by atoms with Crippen molar-refractivity contribution < 1.29 is 14.6 Å². The Hall–Kier alpha value is -3.20. The Labute approximate surface area is 240 Å². The van der Waals surface area contributed by atoms with Gasteiger partial charge in [-0.25, -0.2) is 9.78 Å². The maximum Gasteiger partial charge on any atom is 0.410 e. The van der Waals surface area contributed by atoms with Gasteiger partial charge in [-0.15, -0.1) is 0 Å². The molecule has 0 bridgehead atoms. The highest BCUT2D eigenvalue weighted by molar-refractivity contribution is 6.30. The van der Waals surface area contributed by atoms with Crippen molar-refractivity contribution in [1.29, 1.82) is 0 Å². The maximum absolute atomic E-state index is 12.9. The Morgan fingerprint density at radius 3 is 2.62 bits per heavy atom. The van der Waals surface area contributed by atoms with E-state index in [1.807, 2.05) is 59.1 Å². The lowest BCUT2D eigenvalue weighted by molar-refractivity contribution is 0.0292. The van der Waals surface area contributed by atoms with Gasteiger partial charge in [-0.05, 0) is 79.1 Å². The lowest BCUT2D eigenvalue weighted by atomic mass is 9.84. The number of amides is 1. The molecule has 0 spiro atoms. The number of carbonyl (C=O) groups is 1. The summed E-state index contributed by atoms with van der Waals surface area (Å²) in [5.74, 6) is 0. The fourth-order valence-electron chi connectivity index (χ4n) is 6.46. The number of aliphatic hydroxyl groups is 1. The van der Waals surface area contributed by atoms with Crippen molar-refractivity contribution in [1.82, 2.24) is 24.3 Å². The quantitative estimate of drug-likeness (QED) is 0.459. The zero-order valence-corrected chi connectivity index (χ0v) is 23.8. The Bertz CT molecular complexity index is 1420. The van der Waals surface area contributed by atoms with Crippen molar-refractivity contribution in [3.8, 4) is 0 Å². The monoisotopic (exact) mass is 561 g/mol. The van der Waals surface area contributed by atoms with E-state index in [0.29, 0.717) is 36.9 Å². The minimum Gasteiger partial charge on any atom is -0.446 e. The highest BCUT2D eigenvalue weighted by Gasteiger charge is 2.39. The van der Waals surface area contributed by atoms with E-state index in [4.69, 9.17) is 21.3 Å². The number of ether oxygens (including phenoxy) is 1. The van der Waals surface area contributed by atoms with E-state index in [2.05, 4.69) is 9.88 Å². The molecule has 3 heterocycles. The number of benzene rings is 1. The Balaban J connectivity index is 1.33. The molecular formula is C31H36ClN5O3. The lowest BCUT2D eigenvalue weighted by Gasteiger charge is -2.40. The van der Waals surface area contributed by atoms with Crippen LogP contribution in [0.25, 0.3) is 11.6 Å². The summed E-state index contributed by atoms with van der Waals surface area (Å²) in [6.07, 6.45) is 12.5. The molecule has 1 saturated heterocycles. The van der Waals surface area contributed by atoms with Crippen LogP contribution in [0.15, 0.2) is 49.1 Å². The van der Waals surface area contributed by atoms with Gasteiger partial charge in [0.05, 0.1) is 30.0 Å². The molecule has 210 valence electrons. The second-order valence-electron chi connectivity index (χ2n) is 11.3. The number of rotatable bonds is 4. The highest BCUT2D eigenvalue weighted by atomic mass is 35.5. The first-order valence-electron chi connectivity index (χ1n) is 14.2. The van der Waals surface area contributed by atoms with Gasteiger partial charge >= 0.3 is 6.09 Å². The topological polar surface area (TPSA) is 83.7 Å². The van der Waals surface area contributed by atoms with Crippen molar-refractivity contribution in [2.45, 2.75) is 56.8 Å². The van der Waals surface area contributed by atoms with E-state index in [9.17, 15) is 9.90 Å². The minimum atomic E-state index is -1.34. The normalized spacial score (nSPS) is 21.6. The Kier molecular flexibility index (Phi) is 7.42. The number of imidazole rings is 1. The van der Waals surface area contributed by atoms with Gasteiger partial charge in [0, 0.05) is 44.4 Å². The third-order valence-corrected chi connectivity index (χ3v) is 8.86. The smallest absolute Gasteiger partial charge is 0.410 e. The summed E-state index contributed by atoms with van der Waals surface area (Å²) in [4.78, 5) is 26.3. The number of fused-ring (bicyclic) bond motifs is 2. The van der Waals surface area contributed by atoms with Gasteiger partial charge in [0.1, 0.15) is 11.7 Å². The lowest BCUT2D eigenvalue weighted by Crippen LogP contribution is -2.50. The van der Waals surface area contributed by atoms with E-state index in [1.165, 1.54) is 6.42 Å². The highest BCUT2D eigenvalue weighted by Crippen LogP contribution is 2.46. The summed E-state index contributed by atoms with van der Waals surface area (Å²) in [7, 11) is 1.88. The second kappa shape index (κ2) is 11.0. The predicted molar refractivity (Wildman–Crippen MR) is 155 cm³/mol. The van der Waals surface area contributed by atoms with Gasteiger partial charge in [-0.2, -0.15) is 0 Å². The van der Waals surface area contributed by atoms with Crippen molar-refractivity contribution in [2.75, 3.05) is 26.2 Å². The average molecular weight is 562 g/mol. The number of aryl methyl sites for hydroxylation is 1. The van der Waals surface area contributed by atoms with E-state index in [1.54, 1.807) is 19.4 Å². The molecule has 1 N–H and O–H groups in total. The molecule has 0 unspecified atom stereocenters. The van der Waals surface area contributed by atoms with Gasteiger partial charge in [0.2, 0.25) is 0 Å². The van der Waals surface area contributed by atoms with Crippen LogP contribution in [0.5, 0.6) is 0 Å². The molecule has 1 aromatic carbocycles. The fraction of sp³-hybridized carbons (Fsp3) is 0.452. The fourth-order valence-corrected chi connectivity index (χ4v) is 6.63. The van der Waals surface area contributed by atoms with Crippen LogP contribution in [0.4, 0.5) is 4.79 Å². The van der Waals surface area contributed by atoms with Crippen LogP contribution in [0.1, 0.15) is 73.1 Å². The van der Waals surface area contributed by atoms with Crippen LogP contribution in [-0.4, -0.2) is 67.8 Å². The Morgan fingerprint density at radius 2 is 1.90 bits per heavy atom. The molecule has 2 fully saturated rings. The summed E-state index contributed by atoms with van der Waals surface area (Å²) in [5, 5.41) is 12.6. The molecular weight excluding hydrogens is 526 g/mol. The van der Waals surface area contributed by atoms with Crippen LogP contribution >= 0.6 is 11.6 Å². The molecule has 3 aliphatic rings. The van der Waals surface area contributed by atoms with Crippen LogP contribution in [0, 0.1) is 0 Å². The standard InChI is InChI=1S/C31H36ClN5O3/c1-31(39,27-19-33-20-35(27)2)26-17-21-7-6-12-34-28(21)29(24-11-10-22(32)18-25(24)26)36-13-15-37(16-14-36)30(38)40-23-8-4-3-5-9-23/h6-7,10-12,17-20,23,29,39H,3-5,8-9,13-16H2,1-2H3/t29-,31-/m0/s1. The van der Waals surface area contributed by atoms with E-state index >= 15 is 0 Å². The van der Waals surface area contributed by atoms with Crippen LogP contribution in [0.2, 0.25) is 5.02 Å². The summed E-state index contributed by atoms with van der Waals surface area (Å²) < 4.78 is 7.69. The number of pyridine rings is 1. The molecule has 2 aliphatic carbocycles. The number of carbonyl (C=O) groups excluding carboxylic acids is 1. The van der Waals surface area contributed by atoms with Gasteiger partial charge in [-0.3, -0.25) is 9.88 Å². The first kappa shape index (κ1) is 27.0. The summed E-state index contributed by atoms with van der Waals surface area (Å²) >= 11 is 6.57. The SMILES string of the molecule is Cn1cncc1[C@@](C)(O)C1=Cc2cccnc2[C@@H](N2CCN(C(=O)OC3CCCCC3)CC2)c2ccc(Cl)cc21. The van der Waals surface area contributed by atoms with Crippen LogP contribution in [0.3, 0.4) is 0 Å². The number of aromatic nitrogens is 3. The minimum absolute atomic E-state index is 0.0468. The van der Waals surface area contributed by atoms with E-state index in [0.717, 1.165) is 53.6 Å². The number of hydrogen-bond acceptors (Lipinski definition) is 6. The zero-order valence-electron chi connectivity index (χ0n) is 23.1. The second-order valence-corrected chi connectivity index (χ2v) is 11.7. The van der Waals surface area contributed by atoms with Crippen LogP contribution < -0.4 is 0 Å². The zero-order chi connectivity index (χ0) is 27.9. The first-order valence-corrected chi connectivity index (χ1v) is 14.6. The molecule has 9 heteroatoms. The Morgan fingerprint density at radius 1 is 1.12 bits per heavy atom. The molecule has 1 amide bonds. The molecule has 0 radical (unpaired) electrons. The summed E-state index contributed by atoms with van der Waals surface area (Å²) in [5.41, 5.74) is 3.83. The van der Waals surface area contributed by atoms with Crippen molar-refractivity contribution in [3.05, 3.63) is 82.2 Å². The molecule has 6 rings (SSSR count). The molecule has 1 saturated carbocycles. The first-order chi connectivity index (χ1) is 19.3. The largest absolute Gasteiger partial charge is 0.446 e. The molecule has 2 atom stereocenters. The third-order valence-electron chi connectivity index (χ3n) is 8.63. The molecule has 8 nitrogen and oxygen atoms in total. The molecule has 2 aromatic heterocycles. The molecule has 1 aliphatic heterocycles. The third kappa shape index (κ3) is 5.04. The van der Waals surface area contributed by atoms with Crippen LogP contribution in [-0.2, 0) is 17.4 Å².